The third-order valence-corrected chi connectivity index (χ3v) is 6.26. The summed E-state index contributed by atoms with van der Waals surface area (Å²) < 4.78 is 2.22. The fraction of sp³-hybridized carbons (Fsp3) is 0.261. The molecule has 5 rings (SSSR count). The van der Waals surface area contributed by atoms with E-state index in [0.29, 0.717) is 23.4 Å². The molecule has 162 valence electrons. The molecule has 0 saturated heterocycles. The Labute approximate surface area is 190 Å². The molecule has 2 aromatic heterocycles. The van der Waals surface area contributed by atoms with Crippen molar-refractivity contribution in [2.75, 3.05) is 11.1 Å². The van der Waals surface area contributed by atoms with Crippen molar-refractivity contribution in [2.24, 2.45) is 0 Å². The number of hydrogen-bond acceptors (Lipinski definition) is 8. The van der Waals surface area contributed by atoms with Crippen LogP contribution in [0.1, 0.15) is 41.5 Å². The number of nitrogens with zero attached hydrogens (tertiary/aromatic N) is 6. The second kappa shape index (κ2) is 8.96. The highest BCUT2D eigenvalue weighted by Crippen LogP contribution is 2.40. The second-order valence-corrected chi connectivity index (χ2v) is 8.79. The van der Waals surface area contributed by atoms with Gasteiger partial charge in [0.15, 0.2) is 5.16 Å². The van der Waals surface area contributed by atoms with Crippen LogP contribution in [0.3, 0.4) is 0 Å². The molecule has 0 bridgehead atoms. The van der Waals surface area contributed by atoms with Crippen molar-refractivity contribution in [2.45, 2.75) is 43.1 Å². The number of aryl methyl sites for hydroxylation is 1. The first-order chi connectivity index (χ1) is 15.7. The average molecular weight is 445 g/mol. The van der Waals surface area contributed by atoms with Crippen LogP contribution >= 0.6 is 11.8 Å². The van der Waals surface area contributed by atoms with Crippen LogP contribution in [0, 0.1) is 6.92 Å². The summed E-state index contributed by atoms with van der Waals surface area (Å²) >= 11 is 1.57. The minimum atomic E-state index is 0.191. The van der Waals surface area contributed by atoms with Gasteiger partial charge in [0.1, 0.15) is 11.6 Å². The van der Waals surface area contributed by atoms with Crippen LogP contribution in [0.2, 0.25) is 0 Å². The molecule has 1 aliphatic rings. The molecule has 8 nitrogen and oxygen atoms in total. The van der Waals surface area contributed by atoms with E-state index in [1.165, 1.54) is 18.4 Å². The Morgan fingerprint density at radius 3 is 2.56 bits per heavy atom. The Balaban J connectivity index is 1.34. The number of nitrogens with one attached hydrogen (secondary N) is 1. The van der Waals surface area contributed by atoms with Crippen molar-refractivity contribution in [1.82, 2.24) is 29.7 Å². The predicted octanol–water partition coefficient (Wildman–Crippen LogP) is 4.32. The molecule has 2 aromatic carbocycles. The third-order valence-electron chi connectivity index (χ3n) is 5.29. The van der Waals surface area contributed by atoms with Crippen LogP contribution in [-0.2, 0) is 12.3 Å². The van der Waals surface area contributed by atoms with Crippen LogP contribution in [-0.4, -0.2) is 29.7 Å². The minimum Gasteiger partial charge on any atom is -0.368 e. The molecular weight excluding hydrogens is 420 g/mol. The van der Waals surface area contributed by atoms with Crippen molar-refractivity contribution in [3.8, 4) is 0 Å². The van der Waals surface area contributed by atoms with Gasteiger partial charge in [-0.25, -0.2) is 0 Å². The number of para-hydroxylation sites is 1. The van der Waals surface area contributed by atoms with Gasteiger partial charge in [-0.15, -0.1) is 10.2 Å². The van der Waals surface area contributed by atoms with E-state index in [2.05, 4.69) is 59.3 Å². The van der Waals surface area contributed by atoms with E-state index in [1.54, 1.807) is 11.8 Å². The van der Waals surface area contributed by atoms with Crippen LogP contribution in [0.5, 0.6) is 0 Å². The minimum absolute atomic E-state index is 0.191. The zero-order chi connectivity index (χ0) is 21.9. The molecule has 0 aliphatic heterocycles. The van der Waals surface area contributed by atoms with E-state index in [-0.39, 0.29) is 5.95 Å². The first kappa shape index (κ1) is 20.4. The summed E-state index contributed by atoms with van der Waals surface area (Å²) in [5, 5.41) is 13.1. The molecule has 9 heteroatoms. The lowest BCUT2D eigenvalue weighted by atomic mass is 10.2. The van der Waals surface area contributed by atoms with Gasteiger partial charge in [-0.2, -0.15) is 15.0 Å². The SMILES string of the molecule is Cc1ccccc1Nc1nc(N)nc(CSc2nnc(C3CC3)n2Cc2ccccc2)n1. The largest absolute Gasteiger partial charge is 0.368 e. The molecule has 32 heavy (non-hydrogen) atoms. The van der Waals surface area contributed by atoms with E-state index in [9.17, 15) is 0 Å². The van der Waals surface area contributed by atoms with E-state index >= 15 is 0 Å². The van der Waals surface area contributed by atoms with Crippen LogP contribution in [0.15, 0.2) is 59.8 Å². The smallest absolute Gasteiger partial charge is 0.232 e. The summed E-state index contributed by atoms with van der Waals surface area (Å²) in [6.07, 6.45) is 2.35. The Bertz CT molecular complexity index is 1220. The molecule has 0 radical (unpaired) electrons. The van der Waals surface area contributed by atoms with Crippen molar-refractivity contribution in [1.29, 1.82) is 0 Å². The number of hydrogen-bond donors (Lipinski definition) is 2. The maximum atomic E-state index is 5.96. The summed E-state index contributed by atoms with van der Waals surface area (Å²) in [5.41, 5.74) is 9.23. The Morgan fingerprint density at radius 2 is 1.78 bits per heavy atom. The standard InChI is InChI=1S/C23H24N8S/c1-15-7-5-6-10-18(15)25-22-27-19(26-21(24)28-22)14-32-23-30-29-20(17-11-12-17)31(23)13-16-8-3-2-4-9-16/h2-10,17H,11-14H2,1H3,(H3,24,25,26,27,28). The lowest BCUT2D eigenvalue weighted by Gasteiger charge is -2.11. The first-order valence-electron chi connectivity index (χ1n) is 10.6. The first-order valence-corrected chi connectivity index (χ1v) is 11.6. The van der Waals surface area contributed by atoms with Crippen molar-refractivity contribution >= 4 is 29.3 Å². The molecule has 0 atom stereocenters. The number of thioether (sulfide) groups is 1. The topological polar surface area (TPSA) is 107 Å². The maximum Gasteiger partial charge on any atom is 0.232 e. The summed E-state index contributed by atoms with van der Waals surface area (Å²) in [6.45, 7) is 2.78. The van der Waals surface area contributed by atoms with Gasteiger partial charge in [0.05, 0.1) is 12.3 Å². The van der Waals surface area contributed by atoms with Gasteiger partial charge in [-0.1, -0.05) is 60.3 Å². The maximum absolute atomic E-state index is 5.96. The summed E-state index contributed by atoms with van der Waals surface area (Å²) in [7, 11) is 0. The molecule has 1 aliphatic carbocycles. The lowest BCUT2D eigenvalue weighted by molar-refractivity contribution is 0.667. The number of benzene rings is 2. The van der Waals surface area contributed by atoms with E-state index in [1.807, 2.05) is 37.3 Å². The Morgan fingerprint density at radius 1 is 1.00 bits per heavy atom. The number of rotatable bonds is 8. The zero-order valence-electron chi connectivity index (χ0n) is 17.8. The highest BCUT2D eigenvalue weighted by molar-refractivity contribution is 7.98. The molecule has 3 N–H and O–H groups in total. The molecule has 1 saturated carbocycles. The van der Waals surface area contributed by atoms with Crippen molar-refractivity contribution in [3.05, 3.63) is 77.4 Å². The molecular formula is C23H24N8S. The fourth-order valence-electron chi connectivity index (χ4n) is 3.49. The van der Waals surface area contributed by atoms with Crippen molar-refractivity contribution < 1.29 is 0 Å². The van der Waals surface area contributed by atoms with Gasteiger partial charge < -0.3 is 15.6 Å². The monoisotopic (exact) mass is 444 g/mol. The Kier molecular flexibility index (Phi) is 5.72. The number of anilines is 3. The van der Waals surface area contributed by atoms with E-state index < -0.39 is 0 Å². The number of nitrogen functional groups attached to an aromatic ring is 1. The van der Waals surface area contributed by atoms with Gasteiger partial charge in [-0.05, 0) is 37.0 Å². The van der Waals surface area contributed by atoms with Crippen LogP contribution in [0.4, 0.5) is 17.6 Å². The number of aromatic nitrogens is 6. The molecule has 2 heterocycles. The normalized spacial score (nSPS) is 13.3. The molecule has 0 spiro atoms. The third kappa shape index (κ3) is 4.72. The lowest BCUT2D eigenvalue weighted by Crippen LogP contribution is -2.08. The van der Waals surface area contributed by atoms with E-state index in [4.69, 9.17) is 5.73 Å². The van der Waals surface area contributed by atoms with Crippen molar-refractivity contribution in [3.63, 3.8) is 0 Å². The summed E-state index contributed by atoms with van der Waals surface area (Å²) in [5.74, 6) is 3.32. The van der Waals surface area contributed by atoms with Crippen LogP contribution in [0.25, 0.3) is 0 Å². The van der Waals surface area contributed by atoms with Crippen LogP contribution < -0.4 is 11.1 Å². The number of nitrogens with two attached hydrogens (primary N) is 1. The van der Waals surface area contributed by atoms with Gasteiger partial charge in [0.25, 0.3) is 0 Å². The van der Waals surface area contributed by atoms with Gasteiger partial charge in [-0.3, -0.25) is 0 Å². The second-order valence-electron chi connectivity index (χ2n) is 7.85. The fourth-order valence-corrected chi connectivity index (χ4v) is 4.29. The predicted molar refractivity (Wildman–Crippen MR) is 126 cm³/mol. The van der Waals surface area contributed by atoms with Gasteiger partial charge >= 0.3 is 0 Å². The molecule has 1 fully saturated rings. The van der Waals surface area contributed by atoms with Gasteiger partial charge in [0, 0.05) is 11.6 Å². The average Bonchev–Trinajstić information content (AvgIpc) is 3.56. The quantitative estimate of drug-likeness (QED) is 0.387. The van der Waals surface area contributed by atoms with Gasteiger partial charge in [0.2, 0.25) is 11.9 Å². The molecule has 4 aromatic rings. The highest BCUT2D eigenvalue weighted by atomic mass is 32.2. The Hall–Kier alpha value is -3.46. The zero-order valence-corrected chi connectivity index (χ0v) is 18.6. The van der Waals surface area contributed by atoms with E-state index in [0.717, 1.165) is 28.8 Å². The molecule has 0 unspecified atom stereocenters. The highest BCUT2D eigenvalue weighted by Gasteiger charge is 2.30. The summed E-state index contributed by atoms with van der Waals surface area (Å²) in [6, 6.07) is 18.4. The summed E-state index contributed by atoms with van der Waals surface area (Å²) in [4.78, 5) is 13.1. The molecule has 0 amide bonds.